The van der Waals surface area contributed by atoms with E-state index in [1.807, 2.05) is 24.4 Å². The van der Waals surface area contributed by atoms with Gasteiger partial charge in [-0.1, -0.05) is 18.9 Å². The Hall–Kier alpha value is -1.94. The van der Waals surface area contributed by atoms with Gasteiger partial charge in [-0.2, -0.15) is 0 Å². The molecule has 4 heteroatoms. The summed E-state index contributed by atoms with van der Waals surface area (Å²) < 4.78 is 0. The van der Waals surface area contributed by atoms with Crippen LogP contribution in [0.4, 0.5) is 5.82 Å². The molecule has 0 spiro atoms. The number of pyridine rings is 1. The van der Waals surface area contributed by atoms with Crippen LogP contribution >= 0.6 is 0 Å². The first-order valence-electron chi connectivity index (χ1n) is 6.86. The third-order valence-electron chi connectivity index (χ3n) is 2.88. The standard InChI is InChI=1S/C13H17N3.C2H4.CH5N/c14-9-3-4-11-7-8-13(15-10-11)16-12-5-1-2-6-12;2*1-2/h3-4,7-10,12,14H,1-2,5-6H2,(H,15,16);1-2H2;2H2,1H3/b4-3-,14-9?;;. The van der Waals surface area contributed by atoms with Crippen molar-refractivity contribution in [2.24, 2.45) is 5.73 Å². The molecule has 0 radical (unpaired) electrons. The molecule has 20 heavy (non-hydrogen) atoms. The highest BCUT2D eigenvalue weighted by Crippen LogP contribution is 2.21. The normalized spacial score (nSPS) is 13.9. The Morgan fingerprint density at radius 1 is 1.30 bits per heavy atom. The number of nitrogens with two attached hydrogens (primary N) is 1. The minimum absolute atomic E-state index is 0.607. The number of aromatic nitrogens is 1. The van der Waals surface area contributed by atoms with Crippen LogP contribution in [0, 0.1) is 5.41 Å². The summed E-state index contributed by atoms with van der Waals surface area (Å²) in [4.78, 5) is 4.36. The van der Waals surface area contributed by atoms with E-state index in [2.05, 4.69) is 29.2 Å². The maximum Gasteiger partial charge on any atom is 0.126 e. The molecule has 1 aromatic heterocycles. The predicted octanol–water partition coefficient (Wildman–Crippen LogP) is 3.48. The first-order chi connectivity index (χ1) is 9.88. The van der Waals surface area contributed by atoms with Gasteiger partial charge in [0.2, 0.25) is 0 Å². The van der Waals surface area contributed by atoms with E-state index >= 15 is 0 Å². The fraction of sp³-hybridized carbons (Fsp3) is 0.375. The van der Waals surface area contributed by atoms with Crippen LogP contribution in [0.15, 0.2) is 37.6 Å². The van der Waals surface area contributed by atoms with E-state index in [1.165, 1.54) is 38.9 Å². The lowest BCUT2D eigenvalue weighted by molar-refractivity contribution is 0.750. The van der Waals surface area contributed by atoms with E-state index in [4.69, 9.17) is 5.41 Å². The van der Waals surface area contributed by atoms with E-state index in [-0.39, 0.29) is 0 Å². The van der Waals surface area contributed by atoms with Gasteiger partial charge in [0.05, 0.1) is 0 Å². The zero-order chi connectivity index (χ0) is 15.2. The molecule has 1 fully saturated rings. The van der Waals surface area contributed by atoms with Crippen molar-refractivity contribution in [3.63, 3.8) is 0 Å². The van der Waals surface area contributed by atoms with Crippen LogP contribution in [-0.4, -0.2) is 24.3 Å². The Kier molecular flexibility index (Phi) is 10.9. The van der Waals surface area contributed by atoms with E-state index in [9.17, 15) is 0 Å². The molecule has 0 aliphatic heterocycles. The van der Waals surface area contributed by atoms with Gasteiger partial charge in [0.25, 0.3) is 0 Å². The predicted molar refractivity (Wildman–Crippen MR) is 89.3 cm³/mol. The zero-order valence-electron chi connectivity index (χ0n) is 12.3. The first kappa shape index (κ1) is 18.1. The Morgan fingerprint density at radius 2 is 1.95 bits per heavy atom. The molecule has 4 nitrogen and oxygen atoms in total. The highest BCUT2D eigenvalue weighted by Gasteiger charge is 2.14. The average Bonchev–Trinajstić information content (AvgIpc) is 3.04. The second-order valence-electron chi connectivity index (χ2n) is 4.13. The second-order valence-corrected chi connectivity index (χ2v) is 4.13. The summed E-state index contributed by atoms with van der Waals surface area (Å²) >= 11 is 0. The monoisotopic (exact) mass is 274 g/mol. The number of nitrogens with one attached hydrogen (secondary N) is 2. The van der Waals surface area contributed by atoms with Crippen LogP contribution in [0.2, 0.25) is 0 Å². The average molecular weight is 274 g/mol. The Labute approximate surface area is 122 Å². The van der Waals surface area contributed by atoms with E-state index in [1.54, 1.807) is 6.08 Å². The van der Waals surface area contributed by atoms with Gasteiger partial charge in [0.15, 0.2) is 0 Å². The molecule has 1 saturated carbocycles. The van der Waals surface area contributed by atoms with Crippen LogP contribution in [-0.2, 0) is 0 Å². The number of allylic oxidation sites excluding steroid dienone is 1. The molecule has 110 valence electrons. The molecular formula is C16H26N4. The Bertz CT molecular complexity index is 378. The van der Waals surface area contributed by atoms with Gasteiger partial charge < -0.3 is 16.5 Å². The maximum atomic E-state index is 6.90. The highest BCUT2D eigenvalue weighted by molar-refractivity contribution is 5.75. The largest absolute Gasteiger partial charge is 0.367 e. The van der Waals surface area contributed by atoms with Gasteiger partial charge in [-0.3, -0.25) is 0 Å². The van der Waals surface area contributed by atoms with E-state index < -0.39 is 0 Å². The third-order valence-corrected chi connectivity index (χ3v) is 2.88. The number of rotatable bonds is 4. The van der Waals surface area contributed by atoms with Crippen molar-refractivity contribution >= 4 is 18.1 Å². The number of hydrogen-bond donors (Lipinski definition) is 3. The van der Waals surface area contributed by atoms with Crippen LogP contribution in [0.1, 0.15) is 31.2 Å². The molecule has 0 bridgehead atoms. The summed E-state index contributed by atoms with van der Waals surface area (Å²) in [6, 6.07) is 4.63. The molecule has 0 unspecified atom stereocenters. The van der Waals surface area contributed by atoms with E-state index in [0.717, 1.165) is 11.4 Å². The topological polar surface area (TPSA) is 74.8 Å². The maximum absolute atomic E-state index is 6.90. The summed E-state index contributed by atoms with van der Waals surface area (Å²) in [7, 11) is 1.50. The second kappa shape index (κ2) is 12.1. The Balaban J connectivity index is 0.000000829. The van der Waals surface area contributed by atoms with Crippen molar-refractivity contribution in [1.82, 2.24) is 4.98 Å². The quantitative estimate of drug-likeness (QED) is 0.581. The van der Waals surface area contributed by atoms with Crippen molar-refractivity contribution < 1.29 is 0 Å². The molecule has 1 aliphatic rings. The molecule has 0 saturated heterocycles. The fourth-order valence-electron chi connectivity index (χ4n) is 2.03. The SMILES string of the molecule is C=C.CN.N=C/C=C\c1ccc(NC2CCCC2)nc1. The molecule has 2 rings (SSSR count). The fourth-order valence-corrected chi connectivity index (χ4v) is 2.03. The minimum Gasteiger partial charge on any atom is -0.367 e. The minimum atomic E-state index is 0.607. The van der Waals surface area contributed by atoms with Crippen LogP contribution in [0.3, 0.4) is 0 Å². The molecule has 1 heterocycles. The van der Waals surface area contributed by atoms with Gasteiger partial charge >= 0.3 is 0 Å². The number of anilines is 1. The first-order valence-corrected chi connectivity index (χ1v) is 6.86. The third kappa shape index (κ3) is 6.85. The van der Waals surface area contributed by atoms with Crippen LogP contribution < -0.4 is 11.1 Å². The van der Waals surface area contributed by atoms with Crippen molar-refractivity contribution in [2.45, 2.75) is 31.7 Å². The van der Waals surface area contributed by atoms with Crippen LogP contribution in [0.5, 0.6) is 0 Å². The lowest BCUT2D eigenvalue weighted by Gasteiger charge is -2.12. The van der Waals surface area contributed by atoms with Crippen molar-refractivity contribution in [1.29, 1.82) is 5.41 Å². The van der Waals surface area contributed by atoms with Gasteiger partial charge in [0, 0.05) is 18.5 Å². The molecule has 1 aromatic rings. The molecule has 0 atom stereocenters. The van der Waals surface area contributed by atoms with Gasteiger partial charge in [0.1, 0.15) is 5.82 Å². The van der Waals surface area contributed by atoms with Crippen LogP contribution in [0.25, 0.3) is 6.08 Å². The lowest BCUT2D eigenvalue weighted by Crippen LogP contribution is -2.15. The van der Waals surface area contributed by atoms with Crippen molar-refractivity contribution in [3.8, 4) is 0 Å². The van der Waals surface area contributed by atoms with Crippen molar-refractivity contribution in [3.05, 3.63) is 43.1 Å². The summed E-state index contributed by atoms with van der Waals surface area (Å²) in [5, 5.41) is 10.3. The molecule has 0 aromatic carbocycles. The van der Waals surface area contributed by atoms with Gasteiger partial charge in [-0.15, -0.1) is 13.2 Å². The smallest absolute Gasteiger partial charge is 0.126 e. The summed E-state index contributed by atoms with van der Waals surface area (Å²) in [6.45, 7) is 6.00. The number of nitrogens with zero attached hydrogens (tertiary/aromatic N) is 1. The van der Waals surface area contributed by atoms with Gasteiger partial charge in [-0.05, 0) is 43.7 Å². The molecular weight excluding hydrogens is 248 g/mol. The molecule has 4 N–H and O–H groups in total. The Morgan fingerprint density at radius 3 is 2.45 bits per heavy atom. The molecule has 0 amide bonds. The number of hydrogen-bond acceptors (Lipinski definition) is 4. The lowest BCUT2D eigenvalue weighted by atomic mass is 10.2. The molecule has 1 aliphatic carbocycles. The van der Waals surface area contributed by atoms with Gasteiger partial charge in [-0.25, -0.2) is 4.98 Å². The van der Waals surface area contributed by atoms with E-state index in [0.29, 0.717) is 6.04 Å². The summed E-state index contributed by atoms with van der Waals surface area (Å²) in [6.07, 6.45) is 11.9. The van der Waals surface area contributed by atoms with Crippen molar-refractivity contribution in [2.75, 3.05) is 12.4 Å². The zero-order valence-corrected chi connectivity index (χ0v) is 12.3. The summed E-state index contributed by atoms with van der Waals surface area (Å²) in [5.74, 6) is 0.957. The summed E-state index contributed by atoms with van der Waals surface area (Å²) in [5.41, 5.74) is 5.53. The highest BCUT2D eigenvalue weighted by atomic mass is 15.0.